The molecule has 0 nitrogen and oxygen atoms in total. The molecule has 0 saturated carbocycles. The minimum absolute atomic E-state index is 0.149. The van der Waals surface area contributed by atoms with Gasteiger partial charge in [0.25, 0.3) is 0 Å². The molecule has 3 aromatic carbocycles. The van der Waals surface area contributed by atoms with Gasteiger partial charge in [0.2, 0.25) is 0 Å². The molecule has 0 saturated heterocycles. The van der Waals surface area contributed by atoms with Crippen LogP contribution in [-0.2, 0) is 6.42 Å². The fourth-order valence-corrected chi connectivity index (χ4v) is 3.21. The third-order valence-corrected chi connectivity index (χ3v) is 4.62. The molecule has 0 fully saturated rings. The van der Waals surface area contributed by atoms with Gasteiger partial charge in [0.1, 0.15) is 5.82 Å². The Balaban J connectivity index is 1.85. The van der Waals surface area contributed by atoms with Crippen LogP contribution in [0.1, 0.15) is 21.5 Å². The second-order valence-electron chi connectivity index (χ2n) is 5.36. The maximum Gasteiger partial charge on any atom is 0.126 e. The molecule has 0 aliphatic heterocycles. The summed E-state index contributed by atoms with van der Waals surface area (Å²) in [6, 6.07) is 20.2. The second kappa shape index (κ2) is 5.98. The van der Waals surface area contributed by atoms with Gasteiger partial charge in [-0.25, -0.2) is 4.39 Å². The quantitative estimate of drug-likeness (QED) is 0.514. The van der Waals surface area contributed by atoms with Crippen LogP contribution in [0.4, 0.5) is 4.39 Å². The summed E-state index contributed by atoms with van der Waals surface area (Å²) < 4.78 is 13.3. The molecule has 21 heavy (non-hydrogen) atoms. The van der Waals surface area contributed by atoms with Gasteiger partial charge in [0.15, 0.2) is 0 Å². The zero-order valence-electron chi connectivity index (χ0n) is 11.8. The Morgan fingerprint density at radius 1 is 0.952 bits per heavy atom. The molecule has 1 unspecified atom stereocenters. The van der Waals surface area contributed by atoms with Crippen molar-refractivity contribution in [3.8, 4) is 0 Å². The molecular weight excluding hydrogens is 327 g/mol. The monoisotopic (exact) mass is 342 g/mol. The van der Waals surface area contributed by atoms with Crippen molar-refractivity contribution in [2.45, 2.75) is 18.2 Å². The average Bonchev–Trinajstić information content (AvgIpc) is 2.50. The van der Waals surface area contributed by atoms with Gasteiger partial charge in [0.05, 0.1) is 0 Å². The molecule has 0 spiro atoms. The van der Waals surface area contributed by atoms with Crippen molar-refractivity contribution in [3.63, 3.8) is 0 Å². The van der Waals surface area contributed by atoms with Crippen molar-refractivity contribution in [1.82, 2.24) is 0 Å². The lowest BCUT2D eigenvalue weighted by Gasteiger charge is -2.12. The summed E-state index contributed by atoms with van der Waals surface area (Å²) in [7, 11) is 0. The van der Waals surface area contributed by atoms with E-state index < -0.39 is 0 Å². The lowest BCUT2D eigenvalue weighted by molar-refractivity contribution is 0.617. The zero-order chi connectivity index (χ0) is 14.8. The first-order valence-electron chi connectivity index (χ1n) is 7.01. The lowest BCUT2D eigenvalue weighted by Crippen LogP contribution is -1.97. The van der Waals surface area contributed by atoms with Gasteiger partial charge in [0, 0.05) is 4.83 Å². The topological polar surface area (TPSA) is 0 Å². The van der Waals surface area contributed by atoms with E-state index in [-0.39, 0.29) is 10.6 Å². The molecule has 0 N–H and O–H groups in total. The maximum atomic E-state index is 13.3. The first-order valence-corrected chi connectivity index (χ1v) is 7.93. The third-order valence-electron chi connectivity index (χ3n) is 3.77. The van der Waals surface area contributed by atoms with Gasteiger partial charge < -0.3 is 0 Å². The molecule has 3 aromatic rings. The average molecular weight is 343 g/mol. The molecule has 106 valence electrons. The van der Waals surface area contributed by atoms with Gasteiger partial charge >= 0.3 is 0 Å². The van der Waals surface area contributed by atoms with Crippen LogP contribution in [0.25, 0.3) is 10.8 Å². The van der Waals surface area contributed by atoms with E-state index in [0.717, 1.165) is 12.0 Å². The summed E-state index contributed by atoms with van der Waals surface area (Å²) in [4.78, 5) is 0.193. The van der Waals surface area contributed by atoms with E-state index in [1.807, 2.05) is 12.1 Å². The summed E-state index contributed by atoms with van der Waals surface area (Å²) in [5, 5.41) is 2.51. The highest BCUT2D eigenvalue weighted by Gasteiger charge is 2.10. The number of hydrogen-bond acceptors (Lipinski definition) is 0. The fraction of sp³-hybridized carbons (Fsp3) is 0.158. The van der Waals surface area contributed by atoms with Crippen LogP contribution in [0.5, 0.6) is 0 Å². The van der Waals surface area contributed by atoms with Crippen LogP contribution in [-0.4, -0.2) is 0 Å². The van der Waals surface area contributed by atoms with Crippen LogP contribution in [0.2, 0.25) is 0 Å². The summed E-state index contributed by atoms with van der Waals surface area (Å²) in [5.41, 5.74) is 3.08. The summed E-state index contributed by atoms with van der Waals surface area (Å²) in [6.07, 6.45) is 0.885. The smallest absolute Gasteiger partial charge is 0.126 e. The maximum absolute atomic E-state index is 13.3. The Morgan fingerprint density at radius 3 is 2.48 bits per heavy atom. The van der Waals surface area contributed by atoms with Crippen LogP contribution in [0.3, 0.4) is 0 Å². The standard InChI is InChI=1S/C19H16BrF/c1-13-10-17(8-9-19(13)21)18(20)12-14-6-7-15-4-2-3-5-16(15)11-14/h2-11,18H,12H2,1H3. The Bertz CT molecular complexity index is 779. The SMILES string of the molecule is Cc1cc(C(Br)Cc2ccc3ccccc3c2)ccc1F. The molecule has 0 amide bonds. The number of halogens is 2. The van der Waals surface area contributed by atoms with Crippen molar-refractivity contribution in [2.75, 3.05) is 0 Å². The molecule has 0 aromatic heterocycles. The van der Waals surface area contributed by atoms with Gasteiger partial charge in [-0.3, -0.25) is 0 Å². The molecule has 0 aliphatic carbocycles. The van der Waals surface area contributed by atoms with E-state index in [1.54, 1.807) is 13.0 Å². The predicted molar refractivity (Wildman–Crippen MR) is 90.5 cm³/mol. The summed E-state index contributed by atoms with van der Waals surface area (Å²) in [6.45, 7) is 1.80. The number of rotatable bonds is 3. The van der Waals surface area contributed by atoms with Crippen molar-refractivity contribution < 1.29 is 4.39 Å². The third kappa shape index (κ3) is 3.16. The van der Waals surface area contributed by atoms with Crippen molar-refractivity contribution in [3.05, 3.63) is 83.2 Å². The molecular formula is C19H16BrF. The Kier molecular flexibility index (Phi) is 4.07. The Labute approximate surface area is 132 Å². The van der Waals surface area contributed by atoms with Crippen LogP contribution >= 0.6 is 15.9 Å². The van der Waals surface area contributed by atoms with Gasteiger partial charge in [-0.05, 0) is 46.9 Å². The van der Waals surface area contributed by atoms with Crippen LogP contribution in [0, 0.1) is 12.7 Å². The van der Waals surface area contributed by atoms with E-state index in [4.69, 9.17) is 0 Å². The molecule has 3 rings (SSSR count). The largest absolute Gasteiger partial charge is 0.207 e. The van der Waals surface area contributed by atoms with Gasteiger partial charge in [-0.1, -0.05) is 70.5 Å². The van der Waals surface area contributed by atoms with Gasteiger partial charge in [-0.15, -0.1) is 0 Å². The molecule has 2 heteroatoms. The number of aryl methyl sites for hydroxylation is 1. The lowest BCUT2D eigenvalue weighted by atomic mass is 10.00. The minimum atomic E-state index is -0.149. The van der Waals surface area contributed by atoms with Crippen molar-refractivity contribution >= 4 is 26.7 Å². The van der Waals surface area contributed by atoms with Crippen molar-refractivity contribution in [2.24, 2.45) is 0 Å². The Morgan fingerprint density at radius 2 is 1.71 bits per heavy atom. The van der Waals surface area contributed by atoms with Crippen molar-refractivity contribution in [1.29, 1.82) is 0 Å². The normalized spacial score (nSPS) is 12.5. The highest BCUT2D eigenvalue weighted by Crippen LogP contribution is 2.29. The van der Waals surface area contributed by atoms with Crippen LogP contribution < -0.4 is 0 Å². The second-order valence-corrected chi connectivity index (χ2v) is 6.47. The molecule has 0 heterocycles. The Hall–Kier alpha value is -1.67. The minimum Gasteiger partial charge on any atom is -0.207 e. The highest BCUT2D eigenvalue weighted by molar-refractivity contribution is 9.09. The number of alkyl halides is 1. The first kappa shape index (κ1) is 14.3. The van der Waals surface area contributed by atoms with E-state index in [2.05, 4.69) is 58.4 Å². The predicted octanol–water partition coefficient (Wildman–Crippen LogP) is 5.97. The molecule has 0 bridgehead atoms. The molecule has 0 radical (unpaired) electrons. The molecule has 0 aliphatic rings. The zero-order valence-corrected chi connectivity index (χ0v) is 13.4. The van der Waals surface area contributed by atoms with E-state index in [9.17, 15) is 4.39 Å². The van der Waals surface area contributed by atoms with E-state index >= 15 is 0 Å². The number of benzene rings is 3. The summed E-state index contributed by atoms with van der Waals surface area (Å²) >= 11 is 3.72. The highest BCUT2D eigenvalue weighted by atomic mass is 79.9. The number of hydrogen-bond donors (Lipinski definition) is 0. The fourth-order valence-electron chi connectivity index (χ4n) is 2.55. The van der Waals surface area contributed by atoms with Gasteiger partial charge in [-0.2, -0.15) is 0 Å². The van der Waals surface area contributed by atoms with Crippen LogP contribution in [0.15, 0.2) is 60.7 Å². The summed E-state index contributed by atoms with van der Waals surface area (Å²) in [5.74, 6) is -0.149. The number of fused-ring (bicyclic) bond motifs is 1. The molecule has 1 atom stereocenters. The first-order chi connectivity index (χ1) is 10.1. The van der Waals surface area contributed by atoms with E-state index in [1.165, 1.54) is 16.3 Å². The van der Waals surface area contributed by atoms with E-state index in [0.29, 0.717) is 5.56 Å².